The van der Waals surface area contributed by atoms with E-state index in [0.717, 1.165) is 37.0 Å². The number of rotatable bonds is 9. The standard InChI is InChI=1S/C35H36F5N3O4/c1-33(2,3)26-15-11-23(12-16-26)24-13-17-29(18-14-24)43(32(47)42-28-6-4-5-27(19-28)35(38,39)40)20-22-7-9-25(10-8-22)30(44)41-21-34(36,37)31(45)46/h4-11,13-14,17-19,26H,12,15-16,20-21H2,1-3H3,(H,41,44)(H,42,47)(H,45,46). The number of alkyl halides is 5. The topological polar surface area (TPSA) is 98.7 Å². The number of allylic oxidation sites excluding steroid dienone is 2. The first-order chi connectivity index (χ1) is 21.9. The Hall–Kier alpha value is -4.74. The van der Waals surface area contributed by atoms with Gasteiger partial charge in [-0.25, -0.2) is 9.59 Å². The minimum absolute atomic E-state index is 0.0197. The van der Waals surface area contributed by atoms with Crippen molar-refractivity contribution in [3.05, 3.63) is 101 Å². The summed E-state index contributed by atoms with van der Waals surface area (Å²) in [6.45, 7) is 5.25. The fourth-order valence-electron chi connectivity index (χ4n) is 5.30. The Morgan fingerprint density at radius 3 is 2.13 bits per heavy atom. The monoisotopic (exact) mass is 657 g/mol. The molecule has 1 aliphatic carbocycles. The van der Waals surface area contributed by atoms with E-state index in [9.17, 15) is 36.3 Å². The van der Waals surface area contributed by atoms with Crippen molar-refractivity contribution in [1.82, 2.24) is 5.32 Å². The number of carbonyl (C=O) groups is 3. The van der Waals surface area contributed by atoms with E-state index in [1.54, 1.807) is 12.1 Å². The summed E-state index contributed by atoms with van der Waals surface area (Å²) in [6, 6.07) is 16.5. The van der Waals surface area contributed by atoms with Gasteiger partial charge in [0.1, 0.15) is 0 Å². The van der Waals surface area contributed by atoms with Crippen LogP contribution >= 0.6 is 0 Å². The normalized spacial score (nSPS) is 15.4. The highest BCUT2D eigenvalue weighted by atomic mass is 19.4. The molecule has 0 aliphatic heterocycles. The lowest BCUT2D eigenvalue weighted by atomic mass is 9.72. The molecule has 1 atom stereocenters. The van der Waals surface area contributed by atoms with Gasteiger partial charge in [0.25, 0.3) is 5.91 Å². The van der Waals surface area contributed by atoms with Crippen LogP contribution in [0, 0.1) is 11.3 Å². The summed E-state index contributed by atoms with van der Waals surface area (Å²) < 4.78 is 66.6. The van der Waals surface area contributed by atoms with Crippen LogP contribution in [-0.4, -0.2) is 35.5 Å². The first-order valence-corrected chi connectivity index (χ1v) is 15.0. The predicted octanol–water partition coefficient (Wildman–Crippen LogP) is 8.62. The lowest BCUT2D eigenvalue weighted by molar-refractivity contribution is -0.163. The molecule has 3 aromatic rings. The lowest BCUT2D eigenvalue weighted by Gasteiger charge is -2.33. The molecular weight excluding hydrogens is 621 g/mol. The van der Waals surface area contributed by atoms with E-state index in [1.807, 2.05) is 17.4 Å². The van der Waals surface area contributed by atoms with Crippen LogP contribution in [0.4, 0.5) is 38.1 Å². The molecule has 0 bridgehead atoms. The molecule has 0 aromatic heterocycles. The van der Waals surface area contributed by atoms with Gasteiger partial charge in [-0.05, 0) is 89.8 Å². The molecular formula is C35H36F5N3O4. The molecule has 0 saturated carbocycles. The van der Waals surface area contributed by atoms with Crippen LogP contribution < -0.4 is 15.5 Å². The Balaban J connectivity index is 1.56. The van der Waals surface area contributed by atoms with Gasteiger partial charge in [0.05, 0.1) is 18.7 Å². The van der Waals surface area contributed by atoms with Crippen molar-refractivity contribution in [3.63, 3.8) is 0 Å². The Morgan fingerprint density at radius 2 is 1.57 bits per heavy atom. The Morgan fingerprint density at radius 1 is 0.915 bits per heavy atom. The summed E-state index contributed by atoms with van der Waals surface area (Å²) >= 11 is 0. The van der Waals surface area contributed by atoms with E-state index in [0.29, 0.717) is 17.2 Å². The first kappa shape index (κ1) is 35.1. The second-order valence-electron chi connectivity index (χ2n) is 12.6. The molecule has 47 heavy (non-hydrogen) atoms. The molecule has 1 aliphatic rings. The number of hydrogen-bond acceptors (Lipinski definition) is 3. The number of amides is 3. The zero-order chi connectivity index (χ0) is 34.6. The van der Waals surface area contributed by atoms with Gasteiger partial charge < -0.3 is 15.7 Å². The number of carbonyl (C=O) groups excluding carboxylic acids is 2. The molecule has 0 fully saturated rings. The van der Waals surface area contributed by atoms with Gasteiger partial charge in [0.2, 0.25) is 0 Å². The summed E-state index contributed by atoms with van der Waals surface area (Å²) in [5, 5.41) is 13.0. The molecule has 3 aromatic carbocycles. The van der Waals surface area contributed by atoms with Crippen LogP contribution in [0.3, 0.4) is 0 Å². The first-order valence-electron chi connectivity index (χ1n) is 15.0. The third-order valence-corrected chi connectivity index (χ3v) is 8.21. The third kappa shape index (κ3) is 9.17. The van der Waals surface area contributed by atoms with Crippen molar-refractivity contribution in [2.75, 3.05) is 16.8 Å². The van der Waals surface area contributed by atoms with Gasteiger partial charge in [-0.2, -0.15) is 22.0 Å². The van der Waals surface area contributed by atoms with E-state index in [-0.39, 0.29) is 23.2 Å². The fraction of sp³-hybridized carbons (Fsp3) is 0.343. The smallest absolute Gasteiger partial charge is 0.416 e. The van der Waals surface area contributed by atoms with Crippen LogP contribution in [-0.2, 0) is 17.5 Å². The molecule has 1 unspecified atom stereocenters. The Bertz CT molecular complexity index is 1630. The molecule has 0 saturated heterocycles. The number of hydrogen-bond donors (Lipinski definition) is 3. The van der Waals surface area contributed by atoms with Crippen LogP contribution in [0.1, 0.15) is 67.1 Å². The van der Waals surface area contributed by atoms with Crippen LogP contribution in [0.2, 0.25) is 0 Å². The maximum atomic E-state index is 13.5. The summed E-state index contributed by atoms with van der Waals surface area (Å²) in [7, 11) is 0. The van der Waals surface area contributed by atoms with E-state index >= 15 is 0 Å². The molecule has 250 valence electrons. The quantitative estimate of drug-likeness (QED) is 0.201. The van der Waals surface area contributed by atoms with E-state index < -0.39 is 42.1 Å². The number of anilines is 2. The molecule has 7 nitrogen and oxygen atoms in total. The Labute approximate surface area is 269 Å². The number of aliphatic carboxylic acids is 1. The SMILES string of the molecule is CC(C)(C)C1CC=C(c2ccc(N(Cc3ccc(C(=O)NCC(F)(F)C(=O)O)cc3)C(=O)Nc3cccc(C(F)(F)F)c3)cc2)CC1. The van der Waals surface area contributed by atoms with Gasteiger partial charge in [-0.3, -0.25) is 9.69 Å². The zero-order valence-electron chi connectivity index (χ0n) is 26.1. The van der Waals surface area contributed by atoms with E-state index in [2.05, 4.69) is 32.2 Å². The summed E-state index contributed by atoms with van der Waals surface area (Å²) in [5.74, 6) is -6.85. The number of nitrogens with one attached hydrogen (secondary N) is 2. The number of nitrogens with zero attached hydrogens (tertiary/aromatic N) is 1. The van der Waals surface area contributed by atoms with Gasteiger partial charge in [0, 0.05) is 16.9 Å². The molecule has 3 N–H and O–H groups in total. The third-order valence-electron chi connectivity index (χ3n) is 8.21. The second-order valence-corrected chi connectivity index (χ2v) is 12.6. The van der Waals surface area contributed by atoms with Crippen LogP contribution in [0.5, 0.6) is 0 Å². The minimum Gasteiger partial charge on any atom is -0.477 e. The summed E-state index contributed by atoms with van der Waals surface area (Å²) in [6.07, 6.45) is 0.567. The van der Waals surface area contributed by atoms with Gasteiger partial charge in [-0.1, -0.05) is 57.2 Å². The van der Waals surface area contributed by atoms with E-state index in [4.69, 9.17) is 5.11 Å². The van der Waals surface area contributed by atoms with Crippen molar-refractivity contribution in [2.24, 2.45) is 11.3 Å². The average molecular weight is 658 g/mol. The maximum absolute atomic E-state index is 13.5. The van der Waals surface area contributed by atoms with Gasteiger partial charge in [-0.15, -0.1) is 0 Å². The average Bonchev–Trinajstić information content (AvgIpc) is 3.02. The van der Waals surface area contributed by atoms with Gasteiger partial charge in [0.15, 0.2) is 0 Å². The number of halogens is 5. The van der Waals surface area contributed by atoms with Crippen molar-refractivity contribution in [2.45, 2.75) is 58.7 Å². The summed E-state index contributed by atoms with van der Waals surface area (Å²) in [4.78, 5) is 37.8. The van der Waals surface area contributed by atoms with E-state index in [1.165, 1.54) is 46.9 Å². The molecule has 3 amide bonds. The molecule has 12 heteroatoms. The number of carboxylic acids is 1. The Kier molecular flexibility index (Phi) is 10.4. The van der Waals surface area contributed by atoms with Crippen LogP contribution in [0.15, 0.2) is 78.9 Å². The molecule has 0 radical (unpaired) electrons. The van der Waals surface area contributed by atoms with Crippen molar-refractivity contribution in [1.29, 1.82) is 0 Å². The number of benzene rings is 3. The van der Waals surface area contributed by atoms with Crippen molar-refractivity contribution in [3.8, 4) is 0 Å². The fourth-order valence-corrected chi connectivity index (χ4v) is 5.30. The van der Waals surface area contributed by atoms with Crippen molar-refractivity contribution < 1.29 is 41.4 Å². The largest absolute Gasteiger partial charge is 0.477 e. The molecule has 0 heterocycles. The number of carboxylic acid groups (broad SMARTS) is 1. The van der Waals surface area contributed by atoms with Gasteiger partial charge >= 0.3 is 24.1 Å². The minimum atomic E-state index is -4.60. The second kappa shape index (κ2) is 13.9. The molecule has 4 rings (SSSR count). The lowest BCUT2D eigenvalue weighted by Crippen LogP contribution is -2.42. The highest BCUT2D eigenvalue weighted by Gasteiger charge is 2.39. The molecule has 0 spiro atoms. The zero-order valence-corrected chi connectivity index (χ0v) is 26.1. The maximum Gasteiger partial charge on any atom is 0.416 e. The highest BCUT2D eigenvalue weighted by molar-refractivity contribution is 6.02. The number of urea groups is 1. The summed E-state index contributed by atoms with van der Waals surface area (Å²) in [5.41, 5.74) is 2.39. The van der Waals surface area contributed by atoms with Crippen LogP contribution in [0.25, 0.3) is 5.57 Å². The predicted molar refractivity (Wildman–Crippen MR) is 169 cm³/mol. The highest BCUT2D eigenvalue weighted by Crippen LogP contribution is 2.40. The van der Waals surface area contributed by atoms with Crippen molar-refractivity contribution >= 4 is 34.9 Å².